The SMILES string of the molecule is CNc1ccc(Cl)cc1C(=O)NCc1ccncc1. The van der Waals surface area contributed by atoms with E-state index in [2.05, 4.69) is 15.6 Å². The van der Waals surface area contributed by atoms with Gasteiger partial charge in [0.05, 0.1) is 5.56 Å². The van der Waals surface area contributed by atoms with Crippen LogP contribution in [0.25, 0.3) is 0 Å². The Morgan fingerprint density at radius 1 is 1.26 bits per heavy atom. The molecule has 1 amide bonds. The lowest BCUT2D eigenvalue weighted by molar-refractivity contribution is 0.0951. The minimum absolute atomic E-state index is 0.163. The van der Waals surface area contributed by atoms with Gasteiger partial charge in [0, 0.05) is 36.7 Å². The molecule has 0 saturated carbocycles. The maximum absolute atomic E-state index is 12.1. The van der Waals surface area contributed by atoms with E-state index < -0.39 is 0 Å². The monoisotopic (exact) mass is 275 g/mol. The second kappa shape index (κ2) is 6.20. The lowest BCUT2D eigenvalue weighted by Crippen LogP contribution is -2.23. The molecule has 4 nitrogen and oxygen atoms in total. The van der Waals surface area contributed by atoms with Gasteiger partial charge in [-0.1, -0.05) is 11.6 Å². The number of halogens is 1. The second-order valence-corrected chi connectivity index (χ2v) is 4.41. The van der Waals surface area contributed by atoms with Gasteiger partial charge in [-0.15, -0.1) is 0 Å². The van der Waals surface area contributed by atoms with E-state index in [0.29, 0.717) is 17.1 Å². The van der Waals surface area contributed by atoms with E-state index in [4.69, 9.17) is 11.6 Å². The lowest BCUT2D eigenvalue weighted by Gasteiger charge is -2.10. The first-order valence-corrected chi connectivity index (χ1v) is 6.23. The van der Waals surface area contributed by atoms with Crippen LogP contribution in [0.15, 0.2) is 42.7 Å². The molecule has 19 heavy (non-hydrogen) atoms. The number of hydrogen-bond donors (Lipinski definition) is 2. The van der Waals surface area contributed by atoms with Crippen LogP contribution in [0.1, 0.15) is 15.9 Å². The van der Waals surface area contributed by atoms with Crippen LogP contribution in [0, 0.1) is 0 Å². The van der Waals surface area contributed by atoms with Crippen molar-refractivity contribution in [2.24, 2.45) is 0 Å². The predicted molar refractivity (Wildman–Crippen MR) is 76.4 cm³/mol. The topological polar surface area (TPSA) is 54.0 Å². The quantitative estimate of drug-likeness (QED) is 0.902. The summed E-state index contributed by atoms with van der Waals surface area (Å²) in [5.74, 6) is -0.163. The van der Waals surface area contributed by atoms with Gasteiger partial charge in [0.1, 0.15) is 0 Å². The summed E-state index contributed by atoms with van der Waals surface area (Å²) in [7, 11) is 1.77. The van der Waals surface area contributed by atoms with Gasteiger partial charge in [0.25, 0.3) is 5.91 Å². The number of hydrogen-bond acceptors (Lipinski definition) is 3. The Hall–Kier alpha value is -2.07. The van der Waals surface area contributed by atoms with Crippen molar-refractivity contribution in [3.05, 3.63) is 58.9 Å². The van der Waals surface area contributed by atoms with Crippen LogP contribution >= 0.6 is 11.6 Å². The van der Waals surface area contributed by atoms with Crippen molar-refractivity contribution in [2.45, 2.75) is 6.54 Å². The Morgan fingerprint density at radius 3 is 2.68 bits per heavy atom. The molecular weight excluding hydrogens is 262 g/mol. The van der Waals surface area contributed by atoms with Crippen LogP contribution in [0.3, 0.4) is 0 Å². The van der Waals surface area contributed by atoms with Crippen molar-refractivity contribution in [2.75, 3.05) is 12.4 Å². The number of amides is 1. The van der Waals surface area contributed by atoms with Gasteiger partial charge in [-0.2, -0.15) is 0 Å². The average Bonchev–Trinajstić information content (AvgIpc) is 2.46. The van der Waals surface area contributed by atoms with E-state index in [1.807, 2.05) is 12.1 Å². The number of carbonyl (C=O) groups is 1. The molecule has 2 aromatic rings. The summed E-state index contributed by atoms with van der Waals surface area (Å²) >= 11 is 5.92. The summed E-state index contributed by atoms with van der Waals surface area (Å²) in [5, 5.41) is 6.36. The van der Waals surface area contributed by atoms with Crippen LogP contribution in [0.5, 0.6) is 0 Å². The molecule has 0 atom stereocenters. The van der Waals surface area contributed by atoms with Gasteiger partial charge in [0.2, 0.25) is 0 Å². The molecule has 0 spiro atoms. The van der Waals surface area contributed by atoms with Gasteiger partial charge < -0.3 is 10.6 Å². The molecule has 0 radical (unpaired) electrons. The summed E-state index contributed by atoms with van der Waals surface area (Å²) < 4.78 is 0. The third-order valence-corrected chi connectivity index (χ3v) is 2.93. The number of benzene rings is 1. The Morgan fingerprint density at radius 2 is 2.00 bits per heavy atom. The first kappa shape index (κ1) is 13.4. The summed E-state index contributed by atoms with van der Waals surface area (Å²) in [5.41, 5.74) is 2.28. The second-order valence-electron chi connectivity index (χ2n) is 3.98. The molecule has 0 unspecified atom stereocenters. The van der Waals surface area contributed by atoms with Crippen molar-refractivity contribution >= 4 is 23.2 Å². The van der Waals surface area contributed by atoms with Crippen molar-refractivity contribution in [3.63, 3.8) is 0 Å². The Kier molecular flexibility index (Phi) is 4.36. The first-order chi connectivity index (χ1) is 9.20. The molecule has 0 aliphatic carbocycles. The fraction of sp³-hybridized carbons (Fsp3) is 0.143. The Balaban J connectivity index is 2.10. The summed E-state index contributed by atoms with van der Waals surface area (Å²) in [6.07, 6.45) is 3.39. The van der Waals surface area contributed by atoms with Gasteiger partial charge in [0.15, 0.2) is 0 Å². The third kappa shape index (κ3) is 3.45. The highest BCUT2D eigenvalue weighted by molar-refractivity contribution is 6.31. The molecule has 1 aromatic heterocycles. The van der Waals surface area contributed by atoms with E-state index >= 15 is 0 Å². The van der Waals surface area contributed by atoms with Crippen LogP contribution in [0.2, 0.25) is 5.02 Å². The molecule has 2 N–H and O–H groups in total. The minimum atomic E-state index is -0.163. The molecule has 1 heterocycles. The van der Waals surface area contributed by atoms with Crippen LogP contribution in [-0.2, 0) is 6.54 Å². The highest BCUT2D eigenvalue weighted by atomic mass is 35.5. The molecule has 0 bridgehead atoms. The van der Waals surface area contributed by atoms with Gasteiger partial charge in [-0.3, -0.25) is 9.78 Å². The van der Waals surface area contributed by atoms with Crippen LogP contribution in [-0.4, -0.2) is 17.9 Å². The smallest absolute Gasteiger partial charge is 0.253 e. The number of nitrogens with zero attached hydrogens (tertiary/aromatic N) is 1. The standard InChI is InChI=1S/C14H14ClN3O/c1-16-13-3-2-11(15)8-12(13)14(19)18-9-10-4-6-17-7-5-10/h2-8,16H,9H2,1H3,(H,18,19). The molecular formula is C14H14ClN3O. The zero-order chi connectivity index (χ0) is 13.7. The summed E-state index contributed by atoms with van der Waals surface area (Å²) in [6.45, 7) is 0.455. The van der Waals surface area contributed by atoms with Crippen LogP contribution in [0.4, 0.5) is 5.69 Å². The Bertz CT molecular complexity index is 572. The van der Waals surface area contributed by atoms with Crippen LogP contribution < -0.4 is 10.6 Å². The maximum Gasteiger partial charge on any atom is 0.253 e. The largest absolute Gasteiger partial charge is 0.387 e. The molecule has 0 saturated heterocycles. The average molecular weight is 276 g/mol. The van der Waals surface area contributed by atoms with E-state index in [9.17, 15) is 4.79 Å². The fourth-order valence-corrected chi connectivity index (χ4v) is 1.87. The molecule has 2 rings (SSSR count). The first-order valence-electron chi connectivity index (χ1n) is 5.85. The lowest BCUT2D eigenvalue weighted by atomic mass is 10.1. The molecule has 0 aliphatic heterocycles. The normalized spacial score (nSPS) is 10.0. The van der Waals surface area contributed by atoms with Gasteiger partial charge in [-0.05, 0) is 35.9 Å². The Labute approximate surface area is 116 Å². The molecule has 0 aliphatic rings. The van der Waals surface area contributed by atoms with Gasteiger partial charge in [-0.25, -0.2) is 0 Å². The number of rotatable bonds is 4. The predicted octanol–water partition coefficient (Wildman–Crippen LogP) is 2.71. The number of nitrogens with one attached hydrogen (secondary N) is 2. The molecule has 0 fully saturated rings. The zero-order valence-electron chi connectivity index (χ0n) is 10.5. The number of carbonyl (C=O) groups excluding carboxylic acids is 1. The minimum Gasteiger partial charge on any atom is -0.387 e. The van der Waals surface area contributed by atoms with E-state index in [1.54, 1.807) is 37.6 Å². The molecule has 1 aromatic carbocycles. The fourth-order valence-electron chi connectivity index (χ4n) is 1.70. The highest BCUT2D eigenvalue weighted by Gasteiger charge is 2.11. The zero-order valence-corrected chi connectivity index (χ0v) is 11.2. The van der Waals surface area contributed by atoms with Crippen molar-refractivity contribution < 1.29 is 4.79 Å². The van der Waals surface area contributed by atoms with E-state index in [-0.39, 0.29) is 5.91 Å². The van der Waals surface area contributed by atoms with Gasteiger partial charge >= 0.3 is 0 Å². The highest BCUT2D eigenvalue weighted by Crippen LogP contribution is 2.20. The number of pyridine rings is 1. The van der Waals surface area contributed by atoms with E-state index in [1.165, 1.54) is 0 Å². The molecule has 98 valence electrons. The maximum atomic E-state index is 12.1. The molecule has 5 heteroatoms. The number of aromatic nitrogens is 1. The van der Waals surface area contributed by atoms with E-state index in [0.717, 1.165) is 11.3 Å². The third-order valence-electron chi connectivity index (χ3n) is 2.70. The van der Waals surface area contributed by atoms with Crippen molar-refractivity contribution in [1.82, 2.24) is 10.3 Å². The number of anilines is 1. The summed E-state index contributed by atoms with van der Waals surface area (Å²) in [6, 6.07) is 8.89. The summed E-state index contributed by atoms with van der Waals surface area (Å²) in [4.78, 5) is 16.1. The van der Waals surface area contributed by atoms with Crippen molar-refractivity contribution in [1.29, 1.82) is 0 Å². The van der Waals surface area contributed by atoms with Crippen molar-refractivity contribution in [3.8, 4) is 0 Å².